The zero-order valence-corrected chi connectivity index (χ0v) is 12.5. The normalized spacial score (nSPS) is 10.2. The summed E-state index contributed by atoms with van der Waals surface area (Å²) in [6, 6.07) is 8.76. The quantitative estimate of drug-likeness (QED) is 0.502. The third kappa shape index (κ3) is 3.57. The van der Waals surface area contributed by atoms with Crippen molar-refractivity contribution in [2.45, 2.75) is 6.92 Å². The maximum atomic E-state index is 12.1. The summed E-state index contributed by atoms with van der Waals surface area (Å²) in [6.07, 6.45) is 0. The summed E-state index contributed by atoms with van der Waals surface area (Å²) in [6.45, 7) is 1.81. The van der Waals surface area contributed by atoms with E-state index in [1.165, 1.54) is 24.3 Å². The highest BCUT2D eigenvalue weighted by Gasteiger charge is 2.15. The Kier molecular flexibility index (Phi) is 4.23. The number of aryl methyl sites for hydroxylation is 1. The van der Waals surface area contributed by atoms with Crippen molar-refractivity contribution >= 4 is 33.2 Å². The number of carbonyl (C=O) groups is 1. The molecular formula is C14H11BrN2O4. The fourth-order valence-corrected chi connectivity index (χ4v) is 2.23. The molecule has 1 amide bonds. The van der Waals surface area contributed by atoms with Gasteiger partial charge in [-0.25, -0.2) is 0 Å². The van der Waals surface area contributed by atoms with Crippen molar-refractivity contribution in [3.8, 4) is 5.75 Å². The van der Waals surface area contributed by atoms with Gasteiger partial charge < -0.3 is 10.4 Å². The van der Waals surface area contributed by atoms with Crippen LogP contribution >= 0.6 is 15.9 Å². The molecule has 0 unspecified atom stereocenters. The Balaban J connectivity index is 2.30. The van der Waals surface area contributed by atoms with Crippen molar-refractivity contribution in [1.82, 2.24) is 0 Å². The average molecular weight is 351 g/mol. The van der Waals surface area contributed by atoms with Crippen LogP contribution < -0.4 is 5.32 Å². The predicted octanol–water partition coefficient (Wildman–Crippen LogP) is 3.62. The highest BCUT2D eigenvalue weighted by atomic mass is 79.9. The number of hydrogen-bond donors (Lipinski definition) is 2. The Morgan fingerprint density at radius 2 is 2.00 bits per heavy atom. The van der Waals surface area contributed by atoms with Crippen LogP contribution in [0.15, 0.2) is 40.9 Å². The number of carbonyl (C=O) groups excluding carboxylic acids is 1. The molecule has 108 valence electrons. The van der Waals surface area contributed by atoms with Crippen molar-refractivity contribution < 1.29 is 14.8 Å². The largest absolute Gasteiger partial charge is 0.506 e. The summed E-state index contributed by atoms with van der Waals surface area (Å²) in [5.41, 5.74) is 1.02. The van der Waals surface area contributed by atoms with E-state index in [1.807, 2.05) is 6.92 Å². The minimum absolute atomic E-state index is 0.0622. The Morgan fingerprint density at radius 1 is 1.29 bits per heavy atom. The third-order valence-electron chi connectivity index (χ3n) is 2.76. The van der Waals surface area contributed by atoms with Crippen LogP contribution in [-0.4, -0.2) is 15.9 Å². The van der Waals surface area contributed by atoms with Crippen molar-refractivity contribution in [3.63, 3.8) is 0 Å². The van der Waals surface area contributed by atoms with Gasteiger partial charge in [0.05, 0.1) is 10.6 Å². The van der Waals surface area contributed by atoms with Crippen molar-refractivity contribution in [2.75, 3.05) is 5.32 Å². The van der Waals surface area contributed by atoms with Gasteiger partial charge >= 0.3 is 0 Å². The van der Waals surface area contributed by atoms with Gasteiger partial charge in [-0.1, -0.05) is 22.0 Å². The zero-order chi connectivity index (χ0) is 15.6. The van der Waals surface area contributed by atoms with Gasteiger partial charge in [0.1, 0.15) is 5.75 Å². The molecule has 7 heteroatoms. The third-order valence-corrected chi connectivity index (χ3v) is 3.21. The summed E-state index contributed by atoms with van der Waals surface area (Å²) in [7, 11) is 0. The number of nitro groups is 1. The number of rotatable bonds is 3. The van der Waals surface area contributed by atoms with E-state index in [2.05, 4.69) is 21.2 Å². The monoisotopic (exact) mass is 350 g/mol. The standard InChI is InChI=1S/C14H11BrN2O4/c1-8-2-3-12(13(18)4-8)16-14(19)9-5-10(15)7-11(6-9)17(20)21/h2-7,18H,1H3,(H,16,19). The Labute approximate surface area is 128 Å². The molecule has 0 heterocycles. The van der Waals surface area contributed by atoms with Crippen LogP contribution in [0, 0.1) is 17.0 Å². The van der Waals surface area contributed by atoms with Crippen LogP contribution in [0.1, 0.15) is 15.9 Å². The summed E-state index contributed by atoms with van der Waals surface area (Å²) in [5.74, 6) is -0.605. The van der Waals surface area contributed by atoms with Gasteiger partial charge in [0, 0.05) is 22.2 Å². The first kappa shape index (κ1) is 15.0. The minimum atomic E-state index is -0.578. The number of aromatic hydroxyl groups is 1. The average Bonchev–Trinajstić information content (AvgIpc) is 2.41. The molecule has 0 radical (unpaired) electrons. The number of phenolic OH excluding ortho intramolecular Hbond substituents is 1. The molecule has 0 aromatic heterocycles. The van der Waals surface area contributed by atoms with E-state index in [0.29, 0.717) is 4.47 Å². The van der Waals surface area contributed by atoms with E-state index >= 15 is 0 Å². The Hall–Kier alpha value is -2.41. The van der Waals surface area contributed by atoms with Gasteiger partial charge in [-0.05, 0) is 30.7 Å². The van der Waals surface area contributed by atoms with E-state index in [-0.39, 0.29) is 22.7 Å². The van der Waals surface area contributed by atoms with Crippen LogP contribution in [-0.2, 0) is 0 Å². The van der Waals surface area contributed by atoms with Gasteiger partial charge in [0.2, 0.25) is 0 Å². The molecule has 2 N–H and O–H groups in total. The second kappa shape index (κ2) is 5.92. The van der Waals surface area contributed by atoms with Crippen molar-refractivity contribution in [3.05, 3.63) is 62.1 Å². The molecule has 21 heavy (non-hydrogen) atoms. The molecule has 2 rings (SSSR count). The molecule has 2 aromatic carbocycles. The van der Waals surface area contributed by atoms with Crippen LogP contribution in [0.5, 0.6) is 5.75 Å². The molecule has 0 atom stereocenters. The molecule has 2 aromatic rings. The van der Waals surface area contributed by atoms with Gasteiger partial charge in [-0.15, -0.1) is 0 Å². The van der Waals surface area contributed by atoms with E-state index in [0.717, 1.165) is 5.56 Å². The number of phenols is 1. The topological polar surface area (TPSA) is 92.5 Å². The van der Waals surface area contributed by atoms with Crippen LogP contribution in [0.3, 0.4) is 0 Å². The second-order valence-electron chi connectivity index (χ2n) is 4.43. The number of nitrogens with one attached hydrogen (secondary N) is 1. The summed E-state index contributed by atoms with van der Waals surface area (Å²) in [5, 5.41) is 23.1. The van der Waals surface area contributed by atoms with E-state index in [9.17, 15) is 20.0 Å². The molecule has 0 saturated carbocycles. The van der Waals surface area contributed by atoms with Crippen LogP contribution in [0.25, 0.3) is 0 Å². The summed E-state index contributed by atoms with van der Waals surface area (Å²) >= 11 is 3.13. The first-order valence-corrected chi connectivity index (χ1v) is 6.72. The number of benzene rings is 2. The number of nitrogens with zero attached hydrogens (tertiary/aromatic N) is 1. The second-order valence-corrected chi connectivity index (χ2v) is 5.35. The molecule has 0 spiro atoms. The highest BCUT2D eigenvalue weighted by Crippen LogP contribution is 2.26. The van der Waals surface area contributed by atoms with E-state index in [4.69, 9.17) is 0 Å². The number of non-ortho nitro benzene ring substituents is 1. The minimum Gasteiger partial charge on any atom is -0.506 e. The first-order chi connectivity index (χ1) is 9.86. The lowest BCUT2D eigenvalue weighted by Crippen LogP contribution is -2.12. The fourth-order valence-electron chi connectivity index (χ4n) is 1.75. The molecule has 0 saturated heterocycles. The predicted molar refractivity (Wildman–Crippen MR) is 81.6 cm³/mol. The molecule has 6 nitrogen and oxygen atoms in total. The maximum Gasteiger partial charge on any atom is 0.271 e. The fraction of sp³-hybridized carbons (Fsp3) is 0.0714. The number of amides is 1. The van der Waals surface area contributed by atoms with Crippen molar-refractivity contribution in [2.24, 2.45) is 0 Å². The molecule has 0 bridgehead atoms. The Morgan fingerprint density at radius 3 is 2.62 bits per heavy atom. The number of nitro benzene ring substituents is 1. The lowest BCUT2D eigenvalue weighted by Gasteiger charge is -2.08. The van der Waals surface area contributed by atoms with Crippen LogP contribution in [0.4, 0.5) is 11.4 Å². The summed E-state index contributed by atoms with van der Waals surface area (Å²) in [4.78, 5) is 22.3. The number of anilines is 1. The smallest absolute Gasteiger partial charge is 0.271 e. The van der Waals surface area contributed by atoms with E-state index in [1.54, 1.807) is 12.1 Å². The van der Waals surface area contributed by atoms with Crippen molar-refractivity contribution in [1.29, 1.82) is 0 Å². The summed E-state index contributed by atoms with van der Waals surface area (Å²) < 4.78 is 0.426. The first-order valence-electron chi connectivity index (χ1n) is 5.93. The lowest BCUT2D eigenvalue weighted by molar-refractivity contribution is -0.384. The molecule has 0 aliphatic rings. The Bertz CT molecular complexity index is 731. The molecule has 0 aliphatic carbocycles. The highest BCUT2D eigenvalue weighted by molar-refractivity contribution is 9.10. The van der Waals surface area contributed by atoms with E-state index < -0.39 is 10.8 Å². The number of hydrogen-bond acceptors (Lipinski definition) is 4. The van der Waals surface area contributed by atoms with Gasteiger partial charge in [-0.3, -0.25) is 14.9 Å². The molecule has 0 aliphatic heterocycles. The number of halogens is 1. The van der Waals surface area contributed by atoms with Gasteiger partial charge in [-0.2, -0.15) is 0 Å². The molecule has 0 fully saturated rings. The van der Waals surface area contributed by atoms with Gasteiger partial charge in [0.25, 0.3) is 11.6 Å². The maximum absolute atomic E-state index is 12.1. The SMILES string of the molecule is Cc1ccc(NC(=O)c2cc(Br)cc([N+](=O)[O-])c2)c(O)c1. The molecular weight excluding hydrogens is 340 g/mol. The van der Waals surface area contributed by atoms with Crippen LogP contribution in [0.2, 0.25) is 0 Å². The van der Waals surface area contributed by atoms with Gasteiger partial charge in [0.15, 0.2) is 0 Å². The lowest BCUT2D eigenvalue weighted by atomic mass is 10.1. The zero-order valence-electron chi connectivity index (χ0n) is 11.0.